The summed E-state index contributed by atoms with van der Waals surface area (Å²) in [4.78, 5) is 4.42. The van der Waals surface area contributed by atoms with Gasteiger partial charge in [0.2, 0.25) is 0 Å². The molecule has 116 valence electrons. The summed E-state index contributed by atoms with van der Waals surface area (Å²) in [6, 6.07) is 3.11. The summed E-state index contributed by atoms with van der Waals surface area (Å²) in [6.45, 7) is 5.64. The number of nitrogens with one attached hydrogen (secondary N) is 1. The van der Waals surface area contributed by atoms with Crippen molar-refractivity contribution in [2.45, 2.75) is 32.9 Å². The quantitative estimate of drug-likeness (QED) is 0.844. The fourth-order valence-corrected chi connectivity index (χ4v) is 2.29. The number of hydrogen-bond acceptors (Lipinski definition) is 4. The topological polar surface area (TPSA) is 54.4 Å². The monoisotopic (exact) mass is 294 g/mol. The number of aliphatic hydroxyl groups excluding tert-OH is 1. The molecule has 1 atom stereocenters. The van der Waals surface area contributed by atoms with Gasteiger partial charge >= 0.3 is 0 Å². The van der Waals surface area contributed by atoms with Crippen LogP contribution < -0.4 is 5.32 Å². The van der Waals surface area contributed by atoms with E-state index in [2.05, 4.69) is 10.3 Å². The van der Waals surface area contributed by atoms with Crippen LogP contribution in [0.1, 0.15) is 31.7 Å². The van der Waals surface area contributed by atoms with Gasteiger partial charge in [-0.1, -0.05) is 19.9 Å². The molecule has 1 aliphatic heterocycles. The average molecular weight is 294 g/mol. The highest BCUT2D eigenvalue weighted by atomic mass is 19.1. The lowest BCUT2D eigenvalue weighted by molar-refractivity contribution is 0.161. The Labute approximate surface area is 125 Å². The molecule has 0 bridgehead atoms. The van der Waals surface area contributed by atoms with E-state index in [-0.39, 0.29) is 24.4 Å². The van der Waals surface area contributed by atoms with Crippen LogP contribution in [0.2, 0.25) is 0 Å². The molecule has 0 saturated heterocycles. The molecular formula is C16H23FN2O2. The smallest absolute Gasteiger partial charge is 0.146 e. The van der Waals surface area contributed by atoms with Crippen LogP contribution in [0.5, 0.6) is 0 Å². The molecule has 0 unspecified atom stereocenters. The van der Waals surface area contributed by atoms with Gasteiger partial charge in [-0.2, -0.15) is 0 Å². The molecule has 0 radical (unpaired) electrons. The van der Waals surface area contributed by atoms with E-state index in [0.29, 0.717) is 25.5 Å². The lowest BCUT2D eigenvalue weighted by Crippen LogP contribution is -2.37. The van der Waals surface area contributed by atoms with Gasteiger partial charge in [0.25, 0.3) is 0 Å². The van der Waals surface area contributed by atoms with Gasteiger partial charge in [0.15, 0.2) is 0 Å². The summed E-state index contributed by atoms with van der Waals surface area (Å²) in [5.41, 5.74) is 2.30. The summed E-state index contributed by atoms with van der Waals surface area (Å²) >= 11 is 0. The molecule has 0 aromatic carbocycles. The Morgan fingerprint density at radius 2 is 2.24 bits per heavy atom. The van der Waals surface area contributed by atoms with Gasteiger partial charge in [-0.15, -0.1) is 0 Å². The molecule has 0 fully saturated rings. The lowest BCUT2D eigenvalue weighted by atomic mass is 10.0. The van der Waals surface area contributed by atoms with E-state index in [1.54, 1.807) is 6.07 Å². The fraction of sp³-hybridized carbons (Fsp3) is 0.562. The lowest BCUT2D eigenvalue weighted by Gasteiger charge is -2.20. The number of rotatable bonds is 6. The number of ether oxygens (including phenoxy) is 1. The molecule has 0 spiro atoms. The van der Waals surface area contributed by atoms with E-state index >= 15 is 0 Å². The van der Waals surface area contributed by atoms with Crippen molar-refractivity contribution in [2.75, 3.05) is 19.8 Å². The minimum absolute atomic E-state index is 0.0292. The first kappa shape index (κ1) is 16.1. The van der Waals surface area contributed by atoms with Crippen LogP contribution in [0.25, 0.3) is 5.57 Å². The SMILES string of the molecule is CC(C)[C@H](CO)NCc1nc(C2=CCOCC2)ccc1F. The molecule has 0 amide bonds. The van der Waals surface area contributed by atoms with E-state index in [1.807, 2.05) is 19.9 Å². The van der Waals surface area contributed by atoms with Crippen LogP contribution in [0.4, 0.5) is 4.39 Å². The molecule has 1 aromatic rings. The molecule has 2 rings (SSSR count). The number of nitrogens with zero attached hydrogens (tertiary/aromatic N) is 1. The summed E-state index contributed by atoms with van der Waals surface area (Å²) in [7, 11) is 0. The van der Waals surface area contributed by atoms with E-state index in [4.69, 9.17) is 4.74 Å². The van der Waals surface area contributed by atoms with Crippen molar-refractivity contribution in [3.8, 4) is 0 Å². The highest BCUT2D eigenvalue weighted by Crippen LogP contribution is 2.20. The first-order chi connectivity index (χ1) is 10.1. The Morgan fingerprint density at radius 1 is 1.43 bits per heavy atom. The van der Waals surface area contributed by atoms with Gasteiger partial charge in [-0.3, -0.25) is 0 Å². The predicted octanol–water partition coefficient (Wildman–Crippen LogP) is 2.13. The van der Waals surface area contributed by atoms with Crippen LogP contribution in [-0.4, -0.2) is 36.0 Å². The highest BCUT2D eigenvalue weighted by Gasteiger charge is 2.15. The minimum Gasteiger partial charge on any atom is -0.395 e. The Kier molecular flexibility index (Phi) is 5.85. The number of hydrogen-bond donors (Lipinski definition) is 2. The molecule has 1 aliphatic rings. The maximum Gasteiger partial charge on any atom is 0.146 e. The molecule has 0 saturated carbocycles. The van der Waals surface area contributed by atoms with Crippen molar-refractivity contribution in [3.63, 3.8) is 0 Å². The van der Waals surface area contributed by atoms with Crippen LogP contribution in [0, 0.1) is 11.7 Å². The second-order valence-corrected chi connectivity index (χ2v) is 5.59. The van der Waals surface area contributed by atoms with Crippen molar-refractivity contribution < 1.29 is 14.2 Å². The molecule has 0 aliphatic carbocycles. The summed E-state index contributed by atoms with van der Waals surface area (Å²) in [5, 5.41) is 12.5. The van der Waals surface area contributed by atoms with Crippen molar-refractivity contribution in [1.29, 1.82) is 0 Å². The third-order valence-electron chi connectivity index (χ3n) is 3.74. The minimum atomic E-state index is -0.320. The predicted molar refractivity (Wildman–Crippen MR) is 80.2 cm³/mol. The van der Waals surface area contributed by atoms with Gasteiger partial charge in [-0.05, 0) is 30.0 Å². The number of aromatic nitrogens is 1. The fourth-order valence-electron chi connectivity index (χ4n) is 2.29. The van der Waals surface area contributed by atoms with Crippen molar-refractivity contribution >= 4 is 5.57 Å². The zero-order valence-electron chi connectivity index (χ0n) is 12.6. The summed E-state index contributed by atoms with van der Waals surface area (Å²) in [6.07, 6.45) is 2.79. The molecule has 1 aromatic heterocycles. The maximum absolute atomic E-state index is 13.9. The zero-order chi connectivity index (χ0) is 15.2. The third-order valence-corrected chi connectivity index (χ3v) is 3.74. The van der Waals surface area contributed by atoms with Crippen LogP contribution in [0.3, 0.4) is 0 Å². The van der Waals surface area contributed by atoms with E-state index in [1.165, 1.54) is 6.07 Å². The van der Waals surface area contributed by atoms with Crippen LogP contribution in [-0.2, 0) is 11.3 Å². The van der Waals surface area contributed by atoms with Crippen molar-refractivity contribution in [3.05, 3.63) is 35.4 Å². The van der Waals surface area contributed by atoms with E-state index < -0.39 is 0 Å². The van der Waals surface area contributed by atoms with E-state index in [0.717, 1.165) is 17.7 Å². The average Bonchev–Trinajstić information content (AvgIpc) is 2.50. The second-order valence-electron chi connectivity index (χ2n) is 5.59. The largest absolute Gasteiger partial charge is 0.395 e. The standard InChI is InChI=1S/C16H23FN2O2/c1-11(2)16(10-20)18-9-15-13(17)3-4-14(19-15)12-5-7-21-8-6-12/h3-5,11,16,18,20H,6-10H2,1-2H3/t16-/m0/s1. The molecule has 4 nitrogen and oxygen atoms in total. The molecule has 21 heavy (non-hydrogen) atoms. The second kappa shape index (κ2) is 7.64. The van der Waals surface area contributed by atoms with Crippen molar-refractivity contribution in [2.24, 2.45) is 5.92 Å². The third kappa shape index (κ3) is 4.33. The maximum atomic E-state index is 13.9. The summed E-state index contributed by atoms with van der Waals surface area (Å²) < 4.78 is 19.2. The summed E-state index contributed by atoms with van der Waals surface area (Å²) in [5.74, 6) is -0.0428. The molecule has 2 N–H and O–H groups in total. The Bertz CT molecular complexity index is 503. The Hall–Kier alpha value is -1.30. The number of aliphatic hydroxyl groups is 1. The highest BCUT2D eigenvalue weighted by molar-refractivity contribution is 5.63. The van der Waals surface area contributed by atoms with Crippen LogP contribution >= 0.6 is 0 Å². The van der Waals surface area contributed by atoms with Gasteiger partial charge in [0, 0.05) is 12.6 Å². The molecule has 5 heteroatoms. The van der Waals surface area contributed by atoms with Gasteiger partial charge in [-0.25, -0.2) is 9.37 Å². The number of pyridine rings is 1. The first-order valence-corrected chi connectivity index (χ1v) is 7.38. The Balaban J connectivity index is 2.10. The Morgan fingerprint density at radius 3 is 2.86 bits per heavy atom. The zero-order valence-corrected chi connectivity index (χ0v) is 12.6. The van der Waals surface area contributed by atoms with Gasteiger partial charge in [0.05, 0.1) is 31.2 Å². The number of halogens is 1. The molecular weight excluding hydrogens is 271 g/mol. The normalized spacial score (nSPS) is 16.9. The van der Waals surface area contributed by atoms with Gasteiger partial charge in [0.1, 0.15) is 5.82 Å². The van der Waals surface area contributed by atoms with Crippen LogP contribution in [0.15, 0.2) is 18.2 Å². The molecule has 2 heterocycles. The van der Waals surface area contributed by atoms with E-state index in [9.17, 15) is 9.50 Å². The first-order valence-electron chi connectivity index (χ1n) is 7.38. The van der Waals surface area contributed by atoms with Gasteiger partial charge < -0.3 is 15.2 Å². The van der Waals surface area contributed by atoms with Crippen molar-refractivity contribution in [1.82, 2.24) is 10.3 Å².